The second-order valence-electron chi connectivity index (χ2n) is 4.24. The Kier molecular flexibility index (Phi) is 3.00. The van der Waals surface area contributed by atoms with Crippen molar-refractivity contribution in [1.29, 1.82) is 0 Å². The molecule has 1 aliphatic carbocycles. The highest BCUT2D eigenvalue weighted by molar-refractivity contribution is 5.42. The lowest BCUT2D eigenvalue weighted by molar-refractivity contribution is 0.395. The fourth-order valence-electron chi connectivity index (χ4n) is 2.03. The lowest BCUT2D eigenvalue weighted by atomic mass is 9.80. The number of methoxy groups -OCH3 is 1. The Morgan fingerprint density at radius 1 is 1.41 bits per heavy atom. The van der Waals surface area contributed by atoms with Crippen molar-refractivity contribution in [1.82, 2.24) is 4.98 Å². The van der Waals surface area contributed by atoms with Crippen molar-refractivity contribution in [2.45, 2.75) is 18.5 Å². The number of rotatable bonds is 2. The number of nitrogens with zero attached hydrogens (tertiary/aromatic N) is 1. The summed E-state index contributed by atoms with van der Waals surface area (Å²) in [5.74, 6) is 0.582. The molecular formula is C13H17N3O. The van der Waals surface area contributed by atoms with E-state index >= 15 is 0 Å². The largest absolute Gasteiger partial charge is 0.481 e. The second-order valence-corrected chi connectivity index (χ2v) is 4.24. The van der Waals surface area contributed by atoms with Gasteiger partial charge in [-0.2, -0.15) is 0 Å². The third kappa shape index (κ3) is 1.97. The van der Waals surface area contributed by atoms with Crippen molar-refractivity contribution in [3.8, 4) is 5.88 Å². The summed E-state index contributed by atoms with van der Waals surface area (Å²) < 4.78 is 5.08. The monoisotopic (exact) mass is 231 g/mol. The Labute approximate surface area is 101 Å². The fourth-order valence-corrected chi connectivity index (χ4v) is 2.03. The van der Waals surface area contributed by atoms with Gasteiger partial charge in [-0.15, -0.1) is 0 Å². The number of hydrogen-bond acceptors (Lipinski definition) is 4. The van der Waals surface area contributed by atoms with Crippen LogP contribution in [0.3, 0.4) is 0 Å². The smallest absolute Gasteiger partial charge is 0.213 e. The second kappa shape index (κ2) is 4.31. The Balaban J connectivity index is 2.46. The molecule has 0 fully saturated rings. The first-order chi connectivity index (χ1) is 8.08. The minimum Gasteiger partial charge on any atom is -0.481 e. The Bertz CT molecular complexity index is 482. The van der Waals surface area contributed by atoms with Gasteiger partial charge in [0.1, 0.15) is 0 Å². The molecule has 1 aromatic rings. The molecule has 4 nitrogen and oxygen atoms in total. The molecule has 2 atom stereocenters. The molecule has 0 radical (unpaired) electrons. The molecule has 2 unspecified atom stereocenters. The van der Waals surface area contributed by atoms with Crippen LogP contribution in [0.2, 0.25) is 0 Å². The Morgan fingerprint density at radius 3 is 2.76 bits per heavy atom. The predicted octanol–water partition coefficient (Wildman–Crippen LogP) is 1.01. The van der Waals surface area contributed by atoms with Gasteiger partial charge in [-0.05, 0) is 18.1 Å². The van der Waals surface area contributed by atoms with E-state index in [0.29, 0.717) is 5.88 Å². The zero-order valence-electron chi connectivity index (χ0n) is 10.1. The number of pyridine rings is 1. The van der Waals surface area contributed by atoms with Gasteiger partial charge in [0, 0.05) is 18.3 Å². The van der Waals surface area contributed by atoms with Crippen molar-refractivity contribution in [2.24, 2.45) is 11.5 Å². The van der Waals surface area contributed by atoms with E-state index in [1.807, 2.05) is 37.3 Å². The van der Waals surface area contributed by atoms with Gasteiger partial charge in [-0.25, -0.2) is 4.98 Å². The topological polar surface area (TPSA) is 74.2 Å². The van der Waals surface area contributed by atoms with Crippen molar-refractivity contribution >= 4 is 0 Å². The van der Waals surface area contributed by atoms with Crippen molar-refractivity contribution in [3.05, 3.63) is 47.7 Å². The van der Waals surface area contributed by atoms with Crippen LogP contribution in [0.15, 0.2) is 36.6 Å². The summed E-state index contributed by atoms with van der Waals surface area (Å²) >= 11 is 0. The van der Waals surface area contributed by atoms with Crippen LogP contribution in [0.5, 0.6) is 5.88 Å². The number of aromatic nitrogens is 1. The molecule has 4 N–H and O–H groups in total. The highest BCUT2D eigenvalue weighted by atomic mass is 16.5. The molecule has 1 heterocycles. The molecule has 0 aromatic carbocycles. The van der Waals surface area contributed by atoms with Crippen molar-refractivity contribution in [3.63, 3.8) is 0 Å². The number of ether oxygens (including phenoxy) is 1. The molecule has 0 amide bonds. The van der Waals surface area contributed by atoms with Gasteiger partial charge >= 0.3 is 0 Å². The van der Waals surface area contributed by atoms with E-state index in [9.17, 15) is 0 Å². The van der Waals surface area contributed by atoms with Gasteiger partial charge in [-0.3, -0.25) is 0 Å². The molecule has 0 saturated carbocycles. The Hall–Kier alpha value is -1.65. The molecule has 2 rings (SSSR count). The summed E-state index contributed by atoms with van der Waals surface area (Å²) in [6, 6.07) is 1.62. The maximum Gasteiger partial charge on any atom is 0.213 e. The number of aryl methyl sites for hydroxylation is 1. The van der Waals surface area contributed by atoms with Crippen LogP contribution < -0.4 is 16.2 Å². The maximum atomic E-state index is 6.37. The molecular weight excluding hydrogens is 214 g/mol. The SMILES string of the molecule is COc1cc(C)c(C2(N)C=CC=CC2N)cn1. The molecule has 4 heteroatoms. The fraction of sp³-hybridized carbons (Fsp3) is 0.308. The summed E-state index contributed by atoms with van der Waals surface area (Å²) in [5, 5.41) is 0. The third-order valence-electron chi connectivity index (χ3n) is 3.11. The molecule has 1 aliphatic rings. The lowest BCUT2D eigenvalue weighted by Gasteiger charge is -2.33. The van der Waals surface area contributed by atoms with Gasteiger partial charge in [-0.1, -0.05) is 24.3 Å². The summed E-state index contributed by atoms with van der Waals surface area (Å²) in [5.41, 5.74) is 13.7. The first-order valence-corrected chi connectivity index (χ1v) is 5.49. The van der Waals surface area contributed by atoms with E-state index in [-0.39, 0.29) is 6.04 Å². The van der Waals surface area contributed by atoms with Crippen LogP contribution in [-0.2, 0) is 5.54 Å². The van der Waals surface area contributed by atoms with E-state index in [0.717, 1.165) is 11.1 Å². The zero-order valence-corrected chi connectivity index (χ0v) is 10.1. The van der Waals surface area contributed by atoms with Gasteiger partial charge in [0.25, 0.3) is 0 Å². The van der Waals surface area contributed by atoms with Crippen LogP contribution in [0, 0.1) is 6.92 Å². The Morgan fingerprint density at radius 2 is 2.18 bits per heavy atom. The standard InChI is InChI=1S/C13H17N3O/c1-9-7-12(17-2)16-8-10(9)13(15)6-4-3-5-11(13)14/h3-8,11H,14-15H2,1-2H3. The molecule has 90 valence electrons. The van der Waals surface area contributed by atoms with Crippen molar-refractivity contribution < 1.29 is 4.74 Å². The summed E-state index contributed by atoms with van der Waals surface area (Å²) in [6.45, 7) is 1.98. The highest BCUT2D eigenvalue weighted by Crippen LogP contribution is 2.29. The first-order valence-electron chi connectivity index (χ1n) is 5.49. The zero-order chi connectivity index (χ0) is 12.5. The predicted molar refractivity (Wildman–Crippen MR) is 67.6 cm³/mol. The van der Waals surface area contributed by atoms with Gasteiger partial charge < -0.3 is 16.2 Å². The minimum absolute atomic E-state index is 0.249. The highest BCUT2D eigenvalue weighted by Gasteiger charge is 2.33. The maximum absolute atomic E-state index is 6.37. The van der Waals surface area contributed by atoms with Crippen LogP contribution >= 0.6 is 0 Å². The summed E-state index contributed by atoms with van der Waals surface area (Å²) in [6.07, 6.45) is 9.35. The van der Waals surface area contributed by atoms with E-state index in [1.54, 1.807) is 13.3 Å². The minimum atomic E-state index is -0.696. The van der Waals surface area contributed by atoms with Crippen molar-refractivity contribution in [2.75, 3.05) is 7.11 Å². The van der Waals surface area contributed by atoms with Crippen LogP contribution in [0.1, 0.15) is 11.1 Å². The molecule has 0 spiro atoms. The molecule has 0 saturated heterocycles. The molecule has 1 aromatic heterocycles. The molecule has 17 heavy (non-hydrogen) atoms. The van der Waals surface area contributed by atoms with E-state index in [4.69, 9.17) is 16.2 Å². The third-order valence-corrected chi connectivity index (χ3v) is 3.11. The van der Waals surface area contributed by atoms with E-state index < -0.39 is 5.54 Å². The lowest BCUT2D eigenvalue weighted by Crippen LogP contribution is -2.51. The first kappa shape index (κ1) is 11.8. The van der Waals surface area contributed by atoms with Crippen LogP contribution in [0.4, 0.5) is 0 Å². The van der Waals surface area contributed by atoms with E-state index in [1.165, 1.54) is 0 Å². The van der Waals surface area contributed by atoms with Gasteiger partial charge in [0.2, 0.25) is 5.88 Å². The van der Waals surface area contributed by atoms with E-state index in [2.05, 4.69) is 4.98 Å². The normalized spacial score (nSPS) is 27.2. The van der Waals surface area contributed by atoms with Gasteiger partial charge in [0.15, 0.2) is 0 Å². The van der Waals surface area contributed by atoms with Crippen LogP contribution in [0.25, 0.3) is 0 Å². The van der Waals surface area contributed by atoms with Gasteiger partial charge in [0.05, 0.1) is 12.6 Å². The number of hydrogen-bond donors (Lipinski definition) is 2. The average Bonchev–Trinajstić information content (AvgIpc) is 2.32. The summed E-state index contributed by atoms with van der Waals surface area (Å²) in [4.78, 5) is 4.20. The quantitative estimate of drug-likeness (QED) is 0.796. The molecule has 0 aliphatic heterocycles. The van der Waals surface area contributed by atoms with Crippen LogP contribution in [-0.4, -0.2) is 18.1 Å². The number of allylic oxidation sites excluding steroid dienone is 2. The molecule has 0 bridgehead atoms. The summed E-state index contributed by atoms with van der Waals surface area (Å²) in [7, 11) is 1.59. The number of nitrogens with two attached hydrogens (primary N) is 2. The average molecular weight is 231 g/mol.